The molecule has 0 N–H and O–H groups in total. The summed E-state index contributed by atoms with van der Waals surface area (Å²) in [5, 5.41) is 1.15. The second kappa shape index (κ2) is 5.11. The standard InChI is InChI=1S/C13H10ClP/c14-15-13(11-7-3-1-4-8-11)12-9-5-2-6-10-12/h1-10H. The van der Waals surface area contributed by atoms with Crippen LogP contribution in [-0.2, 0) is 0 Å². The largest absolute Gasteiger partial charge is 0.0622 e. The molecule has 0 aliphatic carbocycles. The van der Waals surface area contributed by atoms with Crippen LogP contribution in [0.5, 0.6) is 0 Å². The van der Waals surface area contributed by atoms with Crippen LogP contribution in [0.3, 0.4) is 0 Å². The third-order valence-electron chi connectivity index (χ3n) is 2.18. The lowest BCUT2D eigenvalue weighted by Crippen LogP contribution is -1.98. The molecule has 15 heavy (non-hydrogen) atoms. The Morgan fingerprint density at radius 3 is 1.47 bits per heavy atom. The Morgan fingerprint density at radius 1 is 0.733 bits per heavy atom. The van der Waals surface area contributed by atoms with E-state index in [9.17, 15) is 0 Å². The summed E-state index contributed by atoms with van der Waals surface area (Å²) in [5.74, 6) is 0. The monoisotopic (exact) mass is 232 g/mol. The van der Waals surface area contributed by atoms with Gasteiger partial charge in [0, 0.05) is 12.9 Å². The molecule has 0 nitrogen and oxygen atoms in total. The minimum atomic E-state index is 0.779. The van der Waals surface area contributed by atoms with E-state index in [4.69, 9.17) is 11.2 Å². The summed E-state index contributed by atoms with van der Waals surface area (Å²) >= 11 is 5.97. The molecule has 0 aromatic heterocycles. The summed E-state index contributed by atoms with van der Waals surface area (Å²) in [7, 11) is 0.779. The molecule has 2 heteroatoms. The van der Waals surface area contributed by atoms with Gasteiger partial charge in [-0.2, -0.15) is 0 Å². The smallest absolute Gasteiger partial charge is 0.0278 e. The topological polar surface area (TPSA) is 0 Å². The van der Waals surface area contributed by atoms with Crippen molar-refractivity contribution in [1.29, 1.82) is 0 Å². The lowest BCUT2D eigenvalue weighted by molar-refractivity contribution is 1.62. The Morgan fingerprint density at radius 2 is 1.13 bits per heavy atom. The maximum Gasteiger partial charge on any atom is 0.0278 e. The average molecular weight is 233 g/mol. The first-order valence-corrected chi connectivity index (χ1v) is 6.51. The zero-order valence-electron chi connectivity index (χ0n) is 8.10. The molecular weight excluding hydrogens is 223 g/mol. The summed E-state index contributed by atoms with van der Waals surface area (Å²) in [6.07, 6.45) is 0. The molecule has 0 heterocycles. The van der Waals surface area contributed by atoms with E-state index in [0.717, 1.165) is 12.9 Å². The zero-order valence-corrected chi connectivity index (χ0v) is 9.75. The van der Waals surface area contributed by atoms with Gasteiger partial charge in [0.25, 0.3) is 0 Å². The van der Waals surface area contributed by atoms with Crippen LogP contribution in [0.4, 0.5) is 0 Å². The van der Waals surface area contributed by atoms with Gasteiger partial charge in [-0.3, -0.25) is 0 Å². The van der Waals surface area contributed by atoms with Gasteiger partial charge in [0.2, 0.25) is 0 Å². The molecule has 2 aromatic carbocycles. The number of benzene rings is 2. The van der Waals surface area contributed by atoms with Crippen LogP contribution in [0, 0.1) is 0 Å². The minimum absolute atomic E-state index is 0.779. The van der Waals surface area contributed by atoms with Crippen molar-refractivity contribution in [3.05, 3.63) is 71.8 Å². The highest BCUT2D eigenvalue weighted by Crippen LogP contribution is 2.19. The predicted molar refractivity (Wildman–Crippen MR) is 68.9 cm³/mol. The van der Waals surface area contributed by atoms with E-state index in [1.165, 1.54) is 11.1 Å². The zero-order chi connectivity index (χ0) is 10.5. The molecule has 0 aliphatic rings. The fourth-order valence-electron chi connectivity index (χ4n) is 1.46. The molecule has 0 fully saturated rings. The van der Waals surface area contributed by atoms with E-state index in [2.05, 4.69) is 24.3 Å². The summed E-state index contributed by atoms with van der Waals surface area (Å²) in [5.41, 5.74) is 2.36. The van der Waals surface area contributed by atoms with Crippen molar-refractivity contribution in [2.24, 2.45) is 0 Å². The van der Waals surface area contributed by atoms with Crippen LogP contribution in [0.2, 0.25) is 0 Å². The lowest BCUT2D eigenvalue weighted by atomic mass is 10.1. The molecule has 0 saturated carbocycles. The van der Waals surface area contributed by atoms with E-state index in [0.29, 0.717) is 0 Å². The van der Waals surface area contributed by atoms with Crippen molar-refractivity contribution in [1.82, 2.24) is 0 Å². The molecule has 0 bridgehead atoms. The molecule has 0 aliphatic heterocycles. The number of halogens is 1. The van der Waals surface area contributed by atoms with Gasteiger partial charge >= 0.3 is 0 Å². The van der Waals surface area contributed by atoms with Gasteiger partial charge < -0.3 is 0 Å². The first kappa shape index (κ1) is 10.4. The predicted octanol–water partition coefficient (Wildman–Crippen LogP) is 4.36. The van der Waals surface area contributed by atoms with Gasteiger partial charge in [-0.1, -0.05) is 71.9 Å². The molecular formula is C13H10ClP. The Labute approximate surface area is 96.1 Å². The Kier molecular flexibility index (Phi) is 3.55. The first-order chi connectivity index (χ1) is 7.42. The molecule has 0 unspecified atom stereocenters. The normalized spacial score (nSPS) is 10.2. The lowest BCUT2D eigenvalue weighted by Gasteiger charge is -2.05. The highest BCUT2D eigenvalue weighted by molar-refractivity contribution is 7.69. The number of hydrogen-bond donors (Lipinski definition) is 0. The quantitative estimate of drug-likeness (QED) is 0.675. The molecule has 0 amide bonds. The summed E-state index contributed by atoms with van der Waals surface area (Å²) in [6, 6.07) is 20.5. The Bertz CT molecular complexity index is 407. The van der Waals surface area contributed by atoms with Crippen molar-refractivity contribution in [2.45, 2.75) is 0 Å². The minimum Gasteiger partial charge on any atom is -0.0622 e. The van der Waals surface area contributed by atoms with Crippen LogP contribution < -0.4 is 0 Å². The van der Waals surface area contributed by atoms with Gasteiger partial charge in [0.05, 0.1) is 0 Å². The molecule has 2 aromatic rings. The molecule has 0 radical (unpaired) electrons. The van der Waals surface area contributed by atoms with Crippen LogP contribution in [0.15, 0.2) is 60.7 Å². The van der Waals surface area contributed by atoms with Crippen LogP contribution in [0.25, 0.3) is 0 Å². The van der Waals surface area contributed by atoms with Crippen LogP contribution in [-0.4, -0.2) is 5.29 Å². The van der Waals surface area contributed by atoms with Crippen molar-refractivity contribution in [2.75, 3.05) is 0 Å². The van der Waals surface area contributed by atoms with E-state index in [1.807, 2.05) is 36.4 Å². The fourth-order valence-corrected chi connectivity index (χ4v) is 2.54. The summed E-state index contributed by atoms with van der Waals surface area (Å²) < 4.78 is 0. The fraction of sp³-hybridized carbons (Fsp3) is 0. The maximum atomic E-state index is 5.97. The number of hydrogen-bond acceptors (Lipinski definition) is 0. The average Bonchev–Trinajstić information content (AvgIpc) is 2.33. The maximum absolute atomic E-state index is 5.97. The van der Waals surface area contributed by atoms with Gasteiger partial charge in [0.1, 0.15) is 0 Å². The molecule has 2 rings (SSSR count). The Balaban J connectivity index is 2.44. The Hall–Kier alpha value is -1.10. The molecule has 0 saturated heterocycles. The van der Waals surface area contributed by atoms with E-state index >= 15 is 0 Å². The van der Waals surface area contributed by atoms with Gasteiger partial charge in [-0.25, -0.2) is 0 Å². The van der Waals surface area contributed by atoms with Crippen molar-refractivity contribution in [3.8, 4) is 0 Å². The van der Waals surface area contributed by atoms with Crippen LogP contribution >= 0.6 is 18.8 Å². The third kappa shape index (κ3) is 2.47. The molecule has 0 spiro atoms. The van der Waals surface area contributed by atoms with Crippen molar-refractivity contribution in [3.63, 3.8) is 0 Å². The van der Waals surface area contributed by atoms with E-state index in [-0.39, 0.29) is 0 Å². The second-order valence-corrected chi connectivity index (χ2v) is 4.29. The van der Waals surface area contributed by atoms with Gasteiger partial charge in [0.15, 0.2) is 0 Å². The summed E-state index contributed by atoms with van der Waals surface area (Å²) in [6.45, 7) is 0. The molecule has 74 valence electrons. The first-order valence-electron chi connectivity index (χ1n) is 4.71. The van der Waals surface area contributed by atoms with Crippen molar-refractivity contribution >= 4 is 24.1 Å². The van der Waals surface area contributed by atoms with Gasteiger partial charge in [-0.15, -0.1) is 0 Å². The highest BCUT2D eigenvalue weighted by Gasteiger charge is 2.03. The van der Waals surface area contributed by atoms with Crippen LogP contribution in [0.1, 0.15) is 11.1 Å². The number of rotatable bonds is 2. The van der Waals surface area contributed by atoms with E-state index in [1.54, 1.807) is 0 Å². The third-order valence-corrected chi connectivity index (χ3v) is 3.37. The summed E-state index contributed by atoms with van der Waals surface area (Å²) in [4.78, 5) is 0. The van der Waals surface area contributed by atoms with Crippen molar-refractivity contribution < 1.29 is 0 Å². The SMILES string of the molecule is ClP=C(c1ccccc1)c1ccccc1. The van der Waals surface area contributed by atoms with Gasteiger partial charge in [-0.05, 0) is 11.1 Å². The second-order valence-electron chi connectivity index (χ2n) is 3.17. The van der Waals surface area contributed by atoms with E-state index < -0.39 is 0 Å². The molecule has 0 atom stereocenters. The highest BCUT2D eigenvalue weighted by atomic mass is 35.7.